The monoisotopic (exact) mass is 316 g/mol. The van der Waals surface area contributed by atoms with Crippen LogP contribution in [0, 0.1) is 6.92 Å². The summed E-state index contributed by atoms with van der Waals surface area (Å²) < 4.78 is 3.78. The summed E-state index contributed by atoms with van der Waals surface area (Å²) in [7, 11) is 0. The number of nitrogens with zero attached hydrogens (tertiary/aromatic N) is 4. The van der Waals surface area contributed by atoms with Gasteiger partial charge in [-0.1, -0.05) is 28.8 Å². The predicted octanol–water partition coefficient (Wildman–Crippen LogP) is 2.19. The van der Waals surface area contributed by atoms with Crippen LogP contribution in [-0.2, 0) is 6.54 Å². The molecule has 1 aliphatic rings. The normalized spacial score (nSPS) is 16.5. The summed E-state index contributed by atoms with van der Waals surface area (Å²) >= 11 is 1.22. The van der Waals surface area contributed by atoms with Gasteiger partial charge in [-0.05, 0) is 36.0 Å². The second-order valence-electron chi connectivity index (χ2n) is 5.64. The third-order valence-corrected chi connectivity index (χ3v) is 4.61. The van der Waals surface area contributed by atoms with Gasteiger partial charge in [0.15, 0.2) is 5.69 Å². The van der Waals surface area contributed by atoms with Crippen molar-refractivity contribution in [3.8, 4) is 0 Å². The van der Waals surface area contributed by atoms with Crippen LogP contribution in [0.15, 0.2) is 29.6 Å². The molecule has 2 aromatic rings. The van der Waals surface area contributed by atoms with E-state index in [4.69, 9.17) is 0 Å². The topological polar surface area (TPSA) is 49.3 Å². The fourth-order valence-electron chi connectivity index (χ4n) is 2.78. The standard InChI is InChI=1S/C16H20N4OS/c1-13-5-2-3-6-14(13)11-19-7-4-8-20(10-9-19)16(21)15-12-22-18-17-15/h2-3,5-6,12H,4,7-11H2,1H3. The van der Waals surface area contributed by atoms with Crippen LogP contribution in [0.5, 0.6) is 0 Å². The van der Waals surface area contributed by atoms with Crippen molar-refractivity contribution < 1.29 is 4.79 Å². The van der Waals surface area contributed by atoms with Crippen molar-refractivity contribution in [3.05, 3.63) is 46.5 Å². The van der Waals surface area contributed by atoms with Gasteiger partial charge >= 0.3 is 0 Å². The zero-order valence-electron chi connectivity index (χ0n) is 12.7. The molecule has 0 saturated carbocycles. The predicted molar refractivity (Wildman–Crippen MR) is 86.9 cm³/mol. The molecule has 0 bridgehead atoms. The summed E-state index contributed by atoms with van der Waals surface area (Å²) in [5.74, 6) is 0.00601. The van der Waals surface area contributed by atoms with E-state index in [1.807, 2.05) is 4.90 Å². The van der Waals surface area contributed by atoms with Crippen molar-refractivity contribution in [2.45, 2.75) is 19.9 Å². The largest absolute Gasteiger partial charge is 0.336 e. The molecule has 1 fully saturated rings. The number of amides is 1. The van der Waals surface area contributed by atoms with Gasteiger partial charge in [-0.3, -0.25) is 9.69 Å². The molecule has 6 heteroatoms. The third-order valence-electron chi connectivity index (χ3n) is 4.11. The second-order valence-corrected chi connectivity index (χ2v) is 6.25. The number of rotatable bonds is 3. The van der Waals surface area contributed by atoms with Crippen LogP contribution in [0.4, 0.5) is 0 Å². The van der Waals surface area contributed by atoms with Crippen LogP contribution in [0.25, 0.3) is 0 Å². The van der Waals surface area contributed by atoms with Gasteiger partial charge in [0.25, 0.3) is 5.91 Å². The van der Waals surface area contributed by atoms with Crippen LogP contribution in [0.1, 0.15) is 28.0 Å². The molecule has 2 heterocycles. The Kier molecular flexibility index (Phi) is 4.80. The molecule has 0 atom stereocenters. The highest BCUT2D eigenvalue weighted by atomic mass is 32.1. The fourth-order valence-corrected chi connectivity index (χ4v) is 3.21. The van der Waals surface area contributed by atoms with Gasteiger partial charge < -0.3 is 4.90 Å². The van der Waals surface area contributed by atoms with Crippen molar-refractivity contribution >= 4 is 17.4 Å². The highest BCUT2D eigenvalue weighted by Crippen LogP contribution is 2.14. The van der Waals surface area contributed by atoms with Crippen molar-refractivity contribution in [1.29, 1.82) is 0 Å². The Morgan fingerprint density at radius 3 is 2.86 bits per heavy atom. The van der Waals surface area contributed by atoms with E-state index < -0.39 is 0 Å². The molecule has 1 aromatic carbocycles. The number of aromatic nitrogens is 2. The molecule has 0 N–H and O–H groups in total. The Balaban J connectivity index is 1.60. The van der Waals surface area contributed by atoms with Gasteiger partial charge in [0.05, 0.1) is 0 Å². The van der Waals surface area contributed by atoms with Crippen molar-refractivity contribution in [3.63, 3.8) is 0 Å². The molecule has 0 spiro atoms. The number of hydrogen-bond donors (Lipinski definition) is 0. The molecular formula is C16H20N4OS. The highest BCUT2D eigenvalue weighted by molar-refractivity contribution is 7.03. The Morgan fingerprint density at radius 1 is 1.23 bits per heavy atom. The summed E-state index contributed by atoms with van der Waals surface area (Å²) in [6.45, 7) is 6.57. The van der Waals surface area contributed by atoms with Crippen molar-refractivity contribution in [2.75, 3.05) is 26.2 Å². The highest BCUT2D eigenvalue weighted by Gasteiger charge is 2.22. The first-order chi connectivity index (χ1) is 10.7. The first kappa shape index (κ1) is 15.1. The van der Waals surface area contributed by atoms with E-state index >= 15 is 0 Å². The van der Waals surface area contributed by atoms with Crippen LogP contribution < -0.4 is 0 Å². The minimum absolute atomic E-state index is 0.00601. The Morgan fingerprint density at radius 2 is 2.09 bits per heavy atom. The fraction of sp³-hybridized carbons (Fsp3) is 0.438. The lowest BCUT2D eigenvalue weighted by molar-refractivity contribution is 0.0755. The smallest absolute Gasteiger partial charge is 0.275 e. The number of hydrogen-bond acceptors (Lipinski definition) is 5. The molecule has 0 aliphatic carbocycles. The molecule has 22 heavy (non-hydrogen) atoms. The summed E-state index contributed by atoms with van der Waals surface area (Å²) in [5.41, 5.74) is 3.16. The van der Waals surface area contributed by atoms with Gasteiger partial charge in [-0.2, -0.15) is 0 Å². The summed E-state index contributed by atoms with van der Waals surface area (Å²) in [4.78, 5) is 16.7. The van der Waals surface area contributed by atoms with Gasteiger partial charge in [0, 0.05) is 38.1 Å². The Labute approximate surface area is 134 Å². The number of aryl methyl sites for hydroxylation is 1. The number of carbonyl (C=O) groups excluding carboxylic acids is 1. The molecule has 116 valence electrons. The number of benzene rings is 1. The average molecular weight is 316 g/mol. The first-order valence-corrected chi connectivity index (χ1v) is 8.41. The van der Waals surface area contributed by atoms with E-state index in [0.29, 0.717) is 5.69 Å². The lowest BCUT2D eigenvalue weighted by atomic mass is 10.1. The molecule has 1 saturated heterocycles. The molecular weight excluding hydrogens is 296 g/mol. The van der Waals surface area contributed by atoms with Crippen LogP contribution in [0.2, 0.25) is 0 Å². The zero-order valence-corrected chi connectivity index (χ0v) is 13.6. The minimum atomic E-state index is 0.00601. The van der Waals surface area contributed by atoms with Crippen LogP contribution in [-0.4, -0.2) is 51.5 Å². The molecule has 3 rings (SSSR count). The lowest BCUT2D eigenvalue weighted by Crippen LogP contribution is -2.35. The SMILES string of the molecule is Cc1ccccc1CN1CCCN(C(=O)c2csnn2)CC1. The van der Waals surface area contributed by atoms with Gasteiger partial charge in [-0.15, -0.1) is 5.10 Å². The van der Waals surface area contributed by atoms with Crippen LogP contribution in [0.3, 0.4) is 0 Å². The van der Waals surface area contributed by atoms with E-state index in [9.17, 15) is 4.79 Å². The molecule has 0 unspecified atom stereocenters. The average Bonchev–Trinajstić information content (AvgIpc) is 2.96. The molecule has 5 nitrogen and oxygen atoms in total. The quantitative estimate of drug-likeness (QED) is 0.871. The van der Waals surface area contributed by atoms with Crippen LogP contribution >= 0.6 is 11.5 Å². The molecule has 1 aliphatic heterocycles. The summed E-state index contributed by atoms with van der Waals surface area (Å²) in [6, 6.07) is 8.50. The maximum Gasteiger partial charge on any atom is 0.275 e. The van der Waals surface area contributed by atoms with E-state index in [-0.39, 0.29) is 5.91 Å². The van der Waals surface area contributed by atoms with E-state index in [1.54, 1.807) is 5.38 Å². The summed E-state index contributed by atoms with van der Waals surface area (Å²) in [6.07, 6.45) is 0.995. The minimum Gasteiger partial charge on any atom is -0.336 e. The summed E-state index contributed by atoms with van der Waals surface area (Å²) in [5, 5.41) is 5.60. The van der Waals surface area contributed by atoms with E-state index in [0.717, 1.165) is 39.1 Å². The maximum absolute atomic E-state index is 12.3. The third kappa shape index (κ3) is 3.51. The van der Waals surface area contributed by atoms with E-state index in [2.05, 4.69) is 45.7 Å². The Bertz CT molecular complexity index is 629. The van der Waals surface area contributed by atoms with Crippen molar-refractivity contribution in [2.24, 2.45) is 0 Å². The molecule has 0 radical (unpaired) electrons. The zero-order chi connectivity index (χ0) is 15.4. The van der Waals surface area contributed by atoms with E-state index in [1.165, 1.54) is 22.7 Å². The lowest BCUT2D eigenvalue weighted by Gasteiger charge is -2.22. The van der Waals surface area contributed by atoms with Crippen molar-refractivity contribution in [1.82, 2.24) is 19.4 Å². The molecule has 1 amide bonds. The van der Waals surface area contributed by atoms with Gasteiger partial charge in [0.1, 0.15) is 0 Å². The first-order valence-electron chi connectivity index (χ1n) is 7.57. The Hall–Kier alpha value is -1.79. The number of carbonyl (C=O) groups is 1. The second kappa shape index (κ2) is 6.98. The van der Waals surface area contributed by atoms with Gasteiger partial charge in [-0.25, -0.2) is 0 Å². The maximum atomic E-state index is 12.3. The molecule has 1 aromatic heterocycles. The van der Waals surface area contributed by atoms with Gasteiger partial charge in [0.2, 0.25) is 0 Å².